The molecule has 8 heteroatoms. The Kier molecular flexibility index (Phi) is 5.00. The third-order valence-electron chi connectivity index (χ3n) is 3.67. The van der Waals surface area contributed by atoms with E-state index in [4.69, 9.17) is 5.73 Å². The molecule has 1 atom stereocenters. The molecule has 118 valence electrons. The number of halogens is 1. The fourth-order valence-corrected chi connectivity index (χ4v) is 3.61. The molecule has 6 nitrogen and oxygen atoms in total. The van der Waals surface area contributed by atoms with Crippen LogP contribution in [0.15, 0.2) is 24.3 Å². The lowest BCUT2D eigenvalue weighted by Crippen LogP contribution is -2.45. The van der Waals surface area contributed by atoms with E-state index in [0.29, 0.717) is 11.4 Å². The van der Waals surface area contributed by atoms with Crippen LogP contribution in [-0.2, 0) is 0 Å². The molecule has 22 heavy (non-hydrogen) atoms. The summed E-state index contributed by atoms with van der Waals surface area (Å²) in [6, 6.07) is 6.43. The van der Waals surface area contributed by atoms with Crippen LogP contribution in [0, 0.1) is 10.1 Å². The number of fused-ring (bicyclic) bond motifs is 1. The molecule has 1 unspecified atom stereocenters. The molecule has 1 aliphatic heterocycles. The summed E-state index contributed by atoms with van der Waals surface area (Å²) in [6.07, 6.45) is 1.87. The number of rotatable bonds is 2. The molecule has 1 aromatic carbocycles. The summed E-state index contributed by atoms with van der Waals surface area (Å²) in [7, 11) is 0. The van der Waals surface area contributed by atoms with Crippen LogP contribution < -0.4 is 5.73 Å². The molecule has 0 aliphatic carbocycles. The van der Waals surface area contributed by atoms with Crippen molar-refractivity contribution in [2.24, 2.45) is 5.73 Å². The van der Waals surface area contributed by atoms with Gasteiger partial charge in [-0.05, 0) is 25.0 Å². The van der Waals surface area contributed by atoms with Crippen LogP contribution in [0.5, 0.6) is 0 Å². The van der Waals surface area contributed by atoms with Gasteiger partial charge in [0.05, 0.1) is 9.80 Å². The van der Waals surface area contributed by atoms with Crippen molar-refractivity contribution in [2.45, 2.75) is 18.9 Å². The van der Waals surface area contributed by atoms with Crippen LogP contribution in [0.3, 0.4) is 0 Å². The molecule has 1 fully saturated rings. The van der Waals surface area contributed by atoms with Gasteiger partial charge in [0, 0.05) is 41.4 Å². The second-order valence-electron chi connectivity index (χ2n) is 5.24. The highest BCUT2D eigenvalue weighted by molar-refractivity contribution is 7.20. The summed E-state index contributed by atoms with van der Waals surface area (Å²) in [6.45, 7) is 1.30. The highest BCUT2D eigenvalue weighted by atomic mass is 35.5. The Hall–Kier alpha value is -1.70. The van der Waals surface area contributed by atoms with Crippen LogP contribution in [-0.4, -0.2) is 34.9 Å². The van der Waals surface area contributed by atoms with Gasteiger partial charge in [-0.25, -0.2) is 0 Å². The lowest BCUT2D eigenvalue weighted by Gasteiger charge is -2.30. The number of amides is 1. The summed E-state index contributed by atoms with van der Waals surface area (Å²) in [5.74, 6) is -0.0333. The molecule has 0 spiro atoms. The third-order valence-corrected chi connectivity index (χ3v) is 4.77. The minimum atomic E-state index is -0.428. The Bertz CT molecular complexity index is 718. The first-order valence-corrected chi connectivity index (χ1v) is 7.59. The number of likely N-dealkylation sites (tertiary alicyclic amines) is 1. The van der Waals surface area contributed by atoms with Crippen molar-refractivity contribution >= 4 is 45.4 Å². The quantitative estimate of drug-likeness (QED) is 0.671. The summed E-state index contributed by atoms with van der Waals surface area (Å²) >= 11 is 1.37. The number of carbonyl (C=O) groups excluding carboxylic acids is 1. The number of nitro groups is 1. The van der Waals surface area contributed by atoms with E-state index in [1.807, 2.05) is 0 Å². The number of nitrogens with two attached hydrogens (primary N) is 1. The number of nitro benzene ring substituents is 1. The van der Waals surface area contributed by atoms with E-state index in [0.717, 1.165) is 29.5 Å². The molecule has 1 aromatic heterocycles. The highest BCUT2D eigenvalue weighted by Crippen LogP contribution is 2.30. The minimum Gasteiger partial charge on any atom is -0.336 e. The second kappa shape index (κ2) is 6.60. The fraction of sp³-hybridized carbons (Fsp3) is 0.357. The molecule has 1 saturated heterocycles. The van der Waals surface area contributed by atoms with Gasteiger partial charge in [-0.2, -0.15) is 0 Å². The summed E-state index contributed by atoms with van der Waals surface area (Å²) in [5, 5.41) is 11.5. The molecule has 2 N–H and O–H groups in total. The molecular formula is C14H16ClN3O3S. The van der Waals surface area contributed by atoms with Gasteiger partial charge in [-0.3, -0.25) is 14.9 Å². The van der Waals surface area contributed by atoms with Crippen LogP contribution in [0.2, 0.25) is 0 Å². The Morgan fingerprint density at radius 1 is 1.41 bits per heavy atom. The topological polar surface area (TPSA) is 89.5 Å². The van der Waals surface area contributed by atoms with E-state index in [1.165, 1.54) is 23.5 Å². The largest absolute Gasteiger partial charge is 0.336 e. The Morgan fingerprint density at radius 3 is 2.86 bits per heavy atom. The number of non-ortho nitro benzene ring substituents is 1. The number of carbonyl (C=O) groups is 1. The van der Waals surface area contributed by atoms with Crippen molar-refractivity contribution in [3.63, 3.8) is 0 Å². The van der Waals surface area contributed by atoms with Gasteiger partial charge in [-0.1, -0.05) is 0 Å². The Balaban J connectivity index is 0.00000176. The maximum Gasteiger partial charge on any atom is 0.270 e. The standard InChI is InChI=1S/C14H15N3O3S.ClH/c15-10-2-1-5-16(8-10)14(18)13-7-9-6-11(17(19)20)3-4-12(9)21-13;/h3-4,6-7,10H,1-2,5,8,15H2;1H. The number of nitrogens with zero attached hydrogens (tertiary/aromatic N) is 2. The van der Waals surface area contributed by atoms with E-state index in [9.17, 15) is 14.9 Å². The minimum absolute atomic E-state index is 0. The van der Waals surface area contributed by atoms with Crippen molar-refractivity contribution in [3.8, 4) is 0 Å². The zero-order valence-corrected chi connectivity index (χ0v) is 13.4. The first-order chi connectivity index (χ1) is 10.0. The fourth-order valence-electron chi connectivity index (χ4n) is 2.60. The molecule has 1 amide bonds. The van der Waals surface area contributed by atoms with Crippen LogP contribution in [0.1, 0.15) is 22.5 Å². The average Bonchev–Trinajstić information content (AvgIpc) is 2.89. The number of benzene rings is 1. The van der Waals surface area contributed by atoms with Crippen molar-refractivity contribution in [1.29, 1.82) is 0 Å². The van der Waals surface area contributed by atoms with Gasteiger partial charge in [0.2, 0.25) is 0 Å². The Morgan fingerprint density at radius 2 is 2.18 bits per heavy atom. The SMILES string of the molecule is Cl.NC1CCCN(C(=O)c2cc3cc([N+](=O)[O-])ccc3s2)C1. The van der Waals surface area contributed by atoms with Crippen LogP contribution in [0.4, 0.5) is 5.69 Å². The van der Waals surface area contributed by atoms with E-state index in [1.54, 1.807) is 17.0 Å². The van der Waals surface area contributed by atoms with E-state index in [-0.39, 0.29) is 30.0 Å². The Labute approximate surface area is 137 Å². The maximum absolute atomic E-state index is 12.5. The lowest BCUT2D eigenvalue weighted by atomic mass is 10.1. The molecule has 0 bridgehead atoms. The molecule has 1 aliphatic rings. The first-order valence-electron chi connectivity index (χ1n) is 6.77. The molecule has 3 rings (SSSR count). The monoisotopic (exact) mass is 341 g/mol. The van der Waals surface area contributed by atoms with Crippen molar-refractivity contribution in [3.05, 3.63) is 39.3 Å². The van der Waals surface area contributed by atoms with Gasteiger partial charge >= 0.3 is 0 Å². The number of piperidine rings is 1. The second-order valence-corrected chi connectivity index (χ2v) is 6.33. The van der Waals surface area contributed by atoms with E-state index in [2.05, 4.69) is 0 Å². The van der Waals surface area contributed by atoms with E-state index >= 15 is 0 Å². The van der Waals surface area contributed by atoms with Gasteiger partial charge in [0.15, 0.2) is 0 Å². The number of thiophene rings is 1. The summed E-state index contributed by atoms with van der Waals surface area (Å²) in [4.78, 5) is 25.2. The summed E-state index contributed by atoms with van der Waals surface area (Å²) in [5.41, 5.74) is 5.94. The molecule has 0 saturated carbocycles. The maximum atomic E-state index is 12.5. The van der Waals surface area contributed by atoms with Crippen molar-refractivity contribution in [2.75, 3.05) is 13.1 Å². The molecule has 2 heterocycles. The zero-order valence-electron chi connectivity index (χ0n) is 11.7. The number of hydrogen-bond acceptors (Lipinski definition) is 5. The highest BCUT2D eigenvalue weighted by Gasteiger charge is 2.23. The van der Waals surface area contributed by atoms with Crippen LogP contribution in [0.25, 0.3) is 10.1 Å². The normalized spacial score (nSPS) is 18.0. The van der Waals surface area contributed by atoms with Crippen molar-refractivity contribution < 1.29 is 9.72 Å². The first kappa shape index (κ1) is 16.7. The predicted octanol–water partition coefficient (Wildman–Crippen LogP) is 2.79. The summed E-state index contributed by atoms with van der Waals surface area (Å²) < 4.78 is 0.880. The van der Waals surface area contributed by atoms with Gasteiger partial charge < -0.3 is 10.6 Å². The van der Waals surface area contributed by atoms with Gasteiger partial charge in [0.1, 0.15) is 0 Å². The van der Waals surface area contributed by atoms with E-state index < -0.39 is 4.92 Å². The molecular weight excluding hydrogens is 326 g/mol. The average molecular weight is 342 g/mol. The van der Waals surface area contributed by atoms with Crippen LogP contribution >= 0.6 is 23.7 Å². The number of hydrogen-bond donors (Lipinski definition) is 1. The predicted molar refractivity (Wildman–Crippen MR) is 88.8 cm³/mol. The van der Waals surface area contributed by atoms with Crippen molar-refractivity contribution in [1.82, 2.24) is 4.90 Å². The lowest BCUT2D eigenvalue weighted by molar-refractivity contribution is -0.384. The smallest absolute Gasteiger partial charge is 0.270 e. The molecule has 2 aromatic rings. The van der Waals surface area contributed by atoms with Gasteiger partial charge in [-0.15, -0.1) is 23.7 Å². The third kappa shape index (κ3) is 3.21. The zero-order chi connectivity index (χ0) is 15.0. The van der Waals surface area contributed by atoms with Gasteiger partial charge in [0.25, 0.3) is 11.6 Å². The molecule has 0 radical (unpaired) electrons.